The predicted octanol–water partition coefficient (Wildman–Crippen LogP) is 1.98. The molecule has 104 valence electrons. The molecular weight excluding hydrogens is 268 g/mol. The van der Waals surface area contributed by atoms with Crippen molar-refractivity contribution in [1.82, 2.24) is 10.3 Å². The van der Waals surface area contributed by atoms with Crippen molar-refractivity contribution in [3.63, 3.8) is 0 Å². The normalized spacial score (nSPS) is 10.1. The first-order valence-electron chi connectivity index (χ1n) is 6.17. The fourth-order valence-corrected chi connectivity index (χ4v) is 1.70. The lowest BCUT2D eigenvalue weighted by Gasteiger charge is -2.06. The van der Waals surface area contributed by atoms with E-state index in [-0.39, 0.29) is 30.0 Å². The molecule has 0 fully saturated rings. The molecule has 19 heavy (non-hydrogen) atoms. The van der Waals surface area contributed by atoms with Gasteiger partial charge in [0.05, 0.1) is 13.0 Å². The van der Waals surface area contributed by atoms with Crippen LogP contribution < -0.4 is 5.32 Å². The van der Waals surface area contributed by atoms with Gasteiger partial charge in [-0.3, -0.25) is 9.59 Å². The highest BCUT2D eigenvalue weighted by Crippen LogP contribution is 2.11. The van der Waals surface area contributed by atoms with Gasteiger partial charge in [-0.15, -0.1) is 0 Å². The van der Waals surface area contributed by atoms with Crippen LogP contribution in [0.25, 0.3) is 0 Å². The molecule has 0 aromatic carbocycles. The Morgan fingerprint density at radius 2 is 2.11 bits per heavy atom. The fraction of sp³-hybridized carbons (Fsp3) is 0.462. The summed E-state index contributed by atoms with van der Waals surface area (Å²) >= 11 is 5.83. The lowest BCUT2D eigenvalue weighted by molar-refractivity contribution is -0.142. The summed E-state index contributed by atoms with van der Waals surface area (Å²) in [4.78, 5) is 27.0. The standard InChI is InChI=1S/C13H17ClN2O3/c1-3-10-7-9(8-11(14)16-10)13(18)15-6-5-12(17)19-4-2/h7-8H,3-6H2,1-2H3,(H,15,18). The van der Waals surface area contributed by atoms with E-state index in [0.717, 1.165) is 5.69 Å². The van der Waals surface area contributed by atoms with Crippen LogP contribution in [0.4, 0.5) is 0 Å². The topological polar surface area (TPSA) is 68.3 Å². The Hall–Kier alpha value is -1.62. The average molecular weight is 285 g/mol. The second-order valence-corrected chi connectivity index (χ2v) is 4.22. The Bertz CT molecular complexity index is 463. The first-order valence-corrected chi connectivity index (χ1v) is 6.54. The van der Waals surface area contributed by atoms with E-state index in [0.29, 0.717) is 18.6 Å². The molecule has 1 rings (SSSR count). The lowest BCUT2D eigenvalue weighted by atomic mass is 10.2. The number of pyridine rings is 1. The number of hydrogen-bond donors (Lipinski definition) is 1. The summed E-state index contributed by atoms with van der Waals surface area (Å²) in [6.45, 7) is 4.24. The van der Waals surface area contributed by atoms with Crippen LogP contribution in [-0.4, -0.2) is 30.0 Å². The minimum atomic E-state index is -0.329. The van der Waals surface area contributed by atoms with Gasteiger partial charge in [-0.1, -0.05) is 18.5 Å². The summed E-state index contributed by atoms with van der Waals surface area (Å²) in [6.07, 6.45) is 0.850. The Labute approximate surface area is 117 Å². The summed E-state index contributed by atoms with van der Waals surface area (Å²) in [7, 11) is 0. The second-order valence-electron chi connectivity index (χ2n) is 3.83. The molecule has 0 spiro atoms. The Balaban J connectivity index is 2.54. The van der Waals surface area contributed by atoms with Gasteiger partial charge >= 0.3 is 5.97 Å². The van der Waals surface area contributed by atoms with Crippen molar-refractivity contribution in [2.45, 2.75) is 26.7 Å². The van der Waals surface area contributed by atoms with E-state index >= 15 is 0 Å². The third kappa shape index (κ3) is 5.26. The van der Waals surface area contributed by atoms with E-state index in [4.69, 9.17) is 16.3 Å². The zero-order chi connectivity index (χ0) is 14.3. The maximum Gasteiger partial charge on any atom is 0.307 e. The summed E-state index contributed by atoms with van der Waals surface area (Å²) in [5.74, 6) is -0.604. The third-order valence-electron chi connectivity index (χ3n) is 2.39. The molecule has 0 atom stereocenters. The first-order chi connectivity index (χ1) is 9.06. The summed E-state index contributed by atoms with van der Waals surface area (Å²) in [5, 5.41) is 2.93. The van der Waals surface area contributed by atoms with Gasteiger partial charge in [0.25, 0.3) is 5.91 Å². The molecular formula is C13H17ClN2O3. The molecule has 0 saturated carbocycles. The van der Waals surface area contributed by atoms with E-state index in [1.807, 2.05) is 6.92 Å². The van der Waals surface area contributed by atoms with Crippen LogP contribution >= 0.6 is 11.6 Å². The minimum absolute atomic E-state index is 0.152. The monoisotopic (exact) mass is 284 g/mol. The van der Waals surface area contributed by atoms with Crippen molar-refractivity contribution in [3.05, 3.63) is 28.5 Å². The SMILES string of the molecule is CCOC(=O)CCNC(=O)c1cc(Cl)nc(CC)c1. The van der Waals surface area contributed by atoms with E-state index in [2.05, 4.69) is 10.3 Å². The number of hydrogen-bond acceptors (Lipinski definition) is 4. The molecule has 0 saturated heterocycles. The van der Waals surface area contributed by atoms with Gasteiger partial charge in [0.2, 0.25) is 0 Å². The lowest BCUT2D eigenvalue weighted by Crippen LogP contribution is -2.26. The molecule has 0 bridgehead atoms. The molecule has 1 aromatic rings. The Morgan fingerprint density at radius 1 is 1.37 bits per heavy atom. The third-order valence-corrected chi connectivity index (χ3v) is 2.59. The highest BCUT2D eigenvalue weighted by atomic mass is 35.5. The van der Waals surface area contributed by atoms with Crippen molar-refractivity contribution >= 4 is 23.5 Å². The fourth-order valence-electron chi connectivity index (χ4n) is 1.48. The molecule has 1 N–H and O–H groups in total. The number of carbonyl (C=O) groups is 2. The van der Waals surface area contributed by atoms with E-state index in [1.54, 1.807) is 13.0 Å². The van der Waals surface area contributed by atoms with Gasteiger partial charge < -0.3 is 10.1 Å². The van der Waals surface area contributed by atoms with Crippen LogP contribution in [0.1, 0.15) is 36.3 Å². The maximum atomic E-state index is 11.9. The highest BCUT2D eigenvalue weighted by Gasteiger charge is 2.09. The number of nitrogens with zero attached hydrogens (tertiary/aromatic N) is 1. The molecule has 0 unspecified atom stereocenters. The van der Waals surface area contributed by atoms with E-state index < -0.39 is 0 Å². The summed E-state index contributed by atoms with van der Waals surface area (Å²) < 4.78 is 4.76. The largest absolute Gasteiger partial charge is 0.466 e. The number of carbonyl (C=O) groups excluding carboxylic acids is 2. The minimum Gasteiger partial charge on any atom is -0.466 e. The molecule has 1 amide bonds. The predicted molar refractivity (Wildman–Crippen MR) is 72.2 cm³/mol. The smallest absolute Gasteiger partial charge is 0.307 e. The summed E-state index contributed by atoms with van der Waals surface area (Å²) in [5.41, 5.74) is 1.20. The maximum absolute atomic E-state index is 11.9. The van der Waals surface area contributed by atoms with Crippen molar-refractivity contribution < 1.29 is 14.3 Å². The van der Waals surface area contributed by atoms with Gasteiger partial charge in [0, 0.05) is 17.8 Å². The van der Waals surface area contributed by atoms with Gasteiger partial charge in [-0.05, 0) is 25.5 Å². The molecule has 0 radical (unpaired) electrons. The number of halogens is 1. The van der Waals surface area contributed by atoms with Crippen LogP contribution in [-0.2, 0) is 16.0 Å². The van der Waals surface area contributed by atoms with Gasteiger partial charge in [-0.2, -0.15) is 0 Å². The Kier molecular flexibility index (Phi) is 6.29. The quantitative estimate of drug-likeness (QED) is 0.641. The van der Waals surface area contributed by atoms with E-state index in [9.17, 15) is 9.59 Å². The summed E-state index contributed by atoms with van der Waals surface area (Å²) in [6, 6.07) is 3.19. The van der Waals surface area contributed by atoms with Crippen molar-refractivity contribution in [1.29, 1.82) is 0 Å². The number of ether oxygens (including phenoxy) is 1. The van der Waals surface area contributed by atoms with Crippen LogP contribution in [0.5, 0.6) is 0 Å². The second kappa shape index (κ2) is 7.74. The molecule has 6 heteroatoms. The van der Waals surface area contributed by atoms with Crippen LogP contribution in [0.3, 0.4) is 0 Å². The first kappa shape index (κ1) is 15.4. The van der Waals surface area contributed by atoms with Crippen molar-refractivity contribution in [2.75, 3.05) is 13.2 Å². The van der Waals surface area contributed by atoms with E-state index in [1.165, 1.54) is 6.07 Å². The van der Waals surface area contributed by atoms with Gasteiger partial charge in [0.15, 0.2) is 0 Å². The number of rotatable bonds is 6. The van der Waals surface area contributed by atoms with Gasteiger partial charge in [0.1, 0.15) is 5.15 Å². The van der Waals surface area contributed by atoms with Crippen molar-refractivity contribution in [3.8, 4) is 0 Å². The van der Waals surface area contributed by atoms with Crippen LogP contribution in [0, 0.1) is 0 Å². The molecule has 0 aliphatic carbocycles. The molecule has 5 nitrogen and oxygen atoms in total. The van der Waals surface area contributed by atoms with Crippen LogP contribution in [0.15, 0.2) is 12.1 Å². The molecule has 1 aromatic heterocycles. The number of nitrogens with one attached hydrogen (secondary N) is 1. The average Bonchev–Trinajstić information content (AvgIpc) is 2.38. The number of amides is 1. The molecule has 1 heterocycles. The Morgan fingerprint density at radius 3 is 2.74 bits per heavy atom. The van der Waals surface area contributed by atoms with Gasteiger partial charge in [-0.25, -0.2) is 4.98 Å². The number of aromatic nitrogens is 1. The highest BCUT2D eigenvalue weighted by molar-refractivity contribution is 6.29. The van der Waals surface area contributed by atoms with Crippen molar-refractivity contribution in [2.24, 2.45) is 0 Å². The zero-order valence-corrected chi connectivity index (χ0v) is 11.8. The molecule has 0 aliphatic heterocycles. The number of esters is 1. The zero-order valence-electron chi connectivity index (χ0n) is 11.0. The van der Waals surface area contributed by atoms with Crippen LogP contribution in [0.2, 0.25) is 5.15 Å². The molecule has 0 aliphatic rings. The number of aryl methyl sites for hydroxylation is 1.